The first-order valence-corrected chi connectivity index (χ1v) is 11.6. The molecule has 34 heavy (non-hydrogen) atoms. The molecule has 4 saturated carbocycles. The van der Waals surface area contributed by atoms with Gasteiger partial charge in [-0.15, -0.1) is 0 Å². The molecule has 0 radical (unpaired) electrons. The predicted molar refractivity (Wildman–Crippen MR) is 119 cm³/mol. The first kappa shape index (κ1) is 21.4. The van der Waals surface area contributed by atoms with E-state index in [-0.39, 0.29) is 24.3 Å². The summed E-state index contributed by atoms with van der Waals surface area (Å²) in [5.74, 6) is 0.631. The Kier molecular flexibility index (Phi) is 5.04. The first-order chi connectivity index (χ1) is 16.4. The summed E-state index contributed by atoms with van der Waals surface area (Å²) < 4.78 is 5.40. The quantitative estimate of drug-likeness (QED) is 0.284. The molecule has 4 aliphatic rings. The lowest BCUT2D eigenvalue weighted by atomic mass is 9.52. The molecule has 0 aliphatic heterocycles. The van der Waals surface area contributed by atoms with Crippen molar-refractivity contribution in [1.29, 1.82) is 0 Å². The number of fused-ring (bicyclic) bond motifs is 1. The molecular weight excluding hydrogens is 442 g/mol. The number of aromatic nitrogens is 5. The smallest absolute Gasteiger partial charge is 0.292 e. The van der Waals surface area contributed by atoms with Crippen LogP contribution in [-0.2, 0) is 0 Å². The van der Waals surface area contributed by atoms with Gasteiger partial charge < -0.3 is 35.5 Å². The number of amides is 1. The second kappa shape index (κ2) is 8.00. The molecule has 0 saturated heterocycles. The van der Waals surface area contributed by atoms with E-state index >= 15 is 0 Å². The maximum absolute atomic E-state index is 12.3. The number of H-pyrrole nitrogens is 1. The van der Waals surface area contributed by atoms with Gasteiger partial charge in [-0.1, -0.05) is 5.16 Å². The third-order valence-electron chi connectivity index (χ3n) is 7.57. The molecule has 3 heterocycles. The van der Waals surface area contributed by atoms with Gasteiger partial charge in [0.05, 0.1) is 35.9 Å². The number of carbonyl (C=O) groups excluding carboxylic acids is 1. The van der Waals surface area contributed by atoms with E-state index in [0.29, 0.717) is 40.2 Å². The summed E-state index contributed by atoms with van der Waals surface area (Å²) in [4.78, 5) is 28.4. The largest absolute Gasteiger partial charge is 0.394 e. The van der Waals surface area contributed by atoms with Gasteiger partial charge in [-0.2, -0.15) is 4.98 Å². The zero-order chi connectivity index (χ0) is 23.4. The summed E-state index contributed by atoms with van der Waals surface area (Å²) in [6.07, 6.45) is 6.83. The van der Waals surface area contributed by atoms with Crippen molar-refractivity contribution in [3.8, 4) is 11.5 Å². The lowest BCUT2D eigenvalue weighted by Crippen LogP contribution is -2.59. The SMILES string of the molecule is O=C(NC[C@@H](O)CO)c1noc(-c2cnc3[nH]cnc3c2N[C@H]2[C@@H]3CC4C[C@H]2C[C@@](O)(C4)C3)n1. The van der Waals surface area contributed by atoms with Crippen LogP contribution >= 0.6 is 0 Å². The van der Waals surface area contributed by atoms with E-state index in [1.165, 1.54) is 0 Å². The number of anilines is 1. The van der Waals surface area contributed by atoms with E-state index in [1.807, 2.05) is 0 Å². The minimum Gasteiger partial charge on any atom is -0.394 e. The van der Waals surface area contributed by atoms with Crippen molar-refractivity contribution in [2.24, 2.45) is 17.8 Å². The van der Waals surface area contributed by atoms with E-state index < -0.39 is 24.2 Å². The number of aromatic amines is 1. The lowest BCUT2D eigenvalue weighted by Gasteiger charge is -2.58. The number of nitrogens with one attached hydrogen (secondary N) is 3. The molecule has 180 valence electrons. The highest BCUT2D eigenvalue weighted by Gasteiger charge is 2.54. The fraction of sp³-hybridized carbons (Fsp3) is 0.591. The van der Waals surface area contributed by atoms with Crippen LogP contribution in [0.15, 0.2) is 17.0 Å². The van der Waals surface area contributed by atoms with E-state index in [0.717, 1.165) is 32.1 Å². The summed E-state index contributed by atoms with van der Waals surface area (Å²) in [5, 5.41) is 39.2. The van der Waals surface area contributed by atoms with Crippen LogP contribution in [0.2, 0.25) is 0 Å². The minimum atomic E-state index is -1.07. The summed E-state index contributed by atoms with van der Waals surface area (Å²) in [6.45, 7) is -0.603. The zero-order valence-electron chi connectivity index (χ0n) is 18.4. The Hall–Kier alpha value is -3.09. The first-order valence-electron chi connectivity index (χ1n) is 11.6. The number of hydrogen-bond acceptors (Lipinski definition) is 10. The molecule has 3 aromatic heterocycles. The van der Waals surface area contributed by atoms with Crippen molar-refractivity contribution in [3.05, 3.63) is 18.3 Å². The van der Waals surface area contributed by atoms with Crippen molar-refractivity contribution in [1.82, 2.24) is 30.4 Å². The third-order valence-corrected chi connectivity index (χ3v) is 7.57. The number of imidazole rings is 1. The lowest BCUT2D eigenvalue weighted by molar-refractivity contribution is -0.129. The van der Waals surface area contributed by atoms with E-state index in [1.54, 1.807) is 12.5 Å². The van der Waals surface area contributed by atoms with Gasteiger partial charge >= 0.3 is 0 Å². The molecule has 3 aromatic rings. The fourth-order valence-corrected chi connectivity index (χ4v) is 6.36. The number of hydrogen-bond donors (Lipinski definition) is 6. The molecule has 1 unspecified atom stereocenters. The van der Waals surface area contributed by atoms with Gasteiger partial charge in [0.2, 0.25) is 0 Å². The van der Waals surface area contributed by atoms with Gasteiger partial charge in [-0.25, -0.2) is 9.97 Å². The van der Waals surface area contributed by atoms with Gasteiger partial charge in [0.1, 0.15) is 5.52 Å². The standard InChI is InChI=1S/C22H27N7O5/c30-8-13(31)6-24-20(32)19-28-21(34-29-19)14-7-23-18-17(25-9-26-18)16(14)27-15-11-1-10-2-12(15)5-22(33,3-10)4-11/h7,9-13,15,30-31,33H,1-6,8H2,(H,24,32)(H2,23,25,26,27)/t10?,11-,12+,13-,15+,22-/m1/s1. The van der Waals surface area contributed by atoms with Crippen LogP contribution in [-0.4, -0.2) is 77.2 Å². The Morgan fingerprint density at radius 1 is 1.26 bits per heavy atom. The summed E-state index contributed by atoms with van der Waals surface area (Å²) in [5.41, 5.74) is 1.97. The van der Waals surface area contributed by atoms with Crippen LogP contribution in [0.4, 0.5) is 5.69 Å². The Morgan fingerprint density at radius 2 is 2.06 bits per heavy atom. The highest BCUT2D eigenvalue weighted by Crippen LogP contribution is 2.56. The van der Waals surface area contributed by atoms with E-state index in [2.05, 4.69) is 35.7 Å². The molecule has 7 rings (SSSR count). The molecule has 0 spiro atoms. The zero-order valence-corrected chi connectivity index (χ0v) is 18.4. The molecule has 12 nitrogen and oxygen atoms in total. The summed E-state index contributed by atoms with van der Waals surface area (Å²) in [7, 11) is 0. The minimum absolute atomic E-state index is 0.121. The summed E-state index contributed by atoms with van der Waals surface area (Å²) in [6, 6.07) is 0.184. The van der Waals surface area contributed by atoms with Gasteiger partial charge in [0.25, 0.3) is 17.6 Å². The molecule has 0 aromatic carbocycles. The van der Waals surface area contributed by atoms with Gasteiger partial charge in [0, 0.05) is 18.8 Å². The molecular formula is C22H27N7O5. The molecule has 1 amide bonds. The maximum atomic E-state index is 12.3. The normalized spacial score (nSPS) is 30.6. The van der Waals surface area contributed by atoms with E-state index in [4.69, 9.17) is 9.63 Å². The molecule has 6 atom stereocenters. The number of rotatable bonds is 7. The average Bonchev–Trinajstić information content (AvgIpc) is 3.48. The van der Waals surface area contributed by atoms with Crippen LogP contribution in [0.5, 0.6) is 0 Å². The monoisotopic (exact) mass is 469 g/mol. The van der Waals surface area contributed by atoms with Crippen LogP contribution < -0.4 is 10.6 Å². The maximum Gasteiger partial charge on any atom is 0.292 e. The Balaban J connectivity index is 1.30. The topological polar surface area (TPSA) is 182 Å². The number of aliphatic hydroxyl groups is 3. The number of pyridine rings is 1. The average molecular weight is 470 g/mol. The van der Waals surface area contributed by atoms with Crippen LogP contribution in [0.3, 0.4) is 0 Å². The van der Waals surface area contributed by atoms with Crippen molar-refractivity contribution in [3.63, 3.8) is 0 Å². The Bertz CT molecular complexity index is 1210. The highest BCUT2D eigenvalue weighted by atomic mass is 16.5. The van der Waals surface area contributed by atoms with Gasteiger partial charge in [0.15, 0.2) is 5.65 Å². The molecule has 4 fully saturated rings. The fourth-order valence-electron chi connectivity index (χ4n) is 6.36. The van der Waals surface area contributed by atoms with Crippen LogP contribution in [0, 0.1) is 17.8 Å². The van der Waals surface area contributed by atoms with Crippen molar-refractivity contribution in [2.75, 3.05) is 18.5 Å². The molecule has 4 aliphatic carbocycles. The van der Waals surface area contributed by atoms with Crippen molar-refractivity contribution >= 4 is 22.8 Å². The number of carbonyl (C=O) groups is 1. The second-order valence-electron chi connectivity index (χ2n) is 9.98. The highest BCUT2D eigenvalue weighted by molar-refractivity contribution is 5.95. The Labute approximate surface area is 194 Å². The van der Waals surface area contributed by atoms with Gasteiger partial charge in [-0.05, 0) is 49.9 Å². The second-order valence-corrected chi connectivity index (χ2v) is 9.98. The Morgan fingerprint density at radius 3 is 2.79 bits per heavy atom. The number of aliphatic hydroxyl groups excluding tert-OH is 2. The van der Waals surface area contributed by atoms with Gasteiger partial charge in [-0.3, -0.25) is 4.79 Å². The predicted octanol–water partition coefficient (Wildman–Crippen LogP) is 0.442. The van der Waals surface area contributed by atoms with E-state index in [9.17, 15) is 15.0 Å². The molecule has 12 heteroatoms. The van der Waals surface area contributed by atoms with Crippen molar-refractivity contribution in [2.45, 2.75) is 49.9 Å². The third kappa shape index (κ3) is 3.62. The number of nitrogens with zero attached hydrogens (tertiary/aromatic N) is 4. The van der Waals surface area contributed by atoms with Crippen molar-refractivity contribution < 1.29 is 24.6 Å². The molecule has 6 N–H and O–H groups in total. The van der Waals surface area contributed by atoms with Crippen LogP contribution in [0.25, 0.3) is 22.6 Å². The summed E-state index contributed by atoms with van der Waals surface area (Å²) >= 11 is 0. The van der Waals surface area contributed by atoms with Crippen LogP contribution in [0.1, 0.15) is 42.7 Å². The molecule has 4 bridgehead atoms.